The molecular weight excluding hydrogens is 254 g/mol. The molecule has 1 rings (SSSR count). The minimum Gasteiger partial charge on any atom is -0.483 e. The molecular formula is C16H25NO3. The van der Waals surface area contributed by atoms with Crippen LogP contribution in [-0.4, -0.2) is 41.7 Å². The third-order valence-electron chi connectivity index (χ3n) is 2.99. The minimum atomic E-state index is -0.903. The molecule has 1 aromatic carbocycles. The van der Waals surface area contributed by atoms with Crippen LogP contribution in [0.1, 0.15) is 30.5 Å². The largest absolute Gasteiger partial charge is 0.483 e. The molecule has 1 amide bonds. The van der Waals surface area contributed by atoms with E-state index >= 15 is 0 Å². The lowest BCUT2D eigenvalue weighted by Gasteiger charge is -2.25. The van der Waals surface area contributed by atoms with Crippen molar-refractivity contribution < 1.29 is 14.6 Å². The van der Waals surface area contributed by atoms with Gasteiger partial charge in [-0.3, -0.25) is 4.79 Å². The number of rotatable bonds is 5. The molecule has 0 aliphatic heterocycles. The Morgan fingerprint density at radius 1 is 1.25 bits per heavy atom. The molecule has 4 heteroatoms. The Labute approximate surface area is 121 Å². The summed E-state index contributed by atoms with van der Waals surface area (Å²) >= 11 is 0. The van der Waals surface area contributed by atoms with Gasteiger partial charge in [-0.1, -0.05) is 17.7 Å². The van der Waals surface area contributed by atoms with Gasteiger partial charge in [0.15, 0.2) is 6.61 Å². The molecule has 1 N–H and O–H groups in total. The monoisotopic (exact) mass is 279 g/mol. The van der Waals surface area contributed by atoms with Crippen molar-refractivity contribution in [3.05, 3.63) is 28.8 Å². The molecule has 0 bridgehead atoms. The summed E-state index contributed by atoms with van der Waals surface area (Å²) in [7, 11) is 1.67. The Morgan fingerprint density at radius 2 is 1.75 bits per heavy atom. The van der Waals surface area contributed by atoms with E-state index in [1.54, 1.807) is 20.9 Å². The third-order valence-corrected chi connectivity index (χ3v) is 2.99. The molecule has 112 valence electrons. The van der Waals surface area contributed by atoms with Gasteiger partial charge in [0, 0.05) is 13.6 Å². The standard InChI is InChI=1S/C16H25NO3/c1-11-7-12(2)15(13(3)8-11)20-9-14(18)17(6)10-16(4,5)19/h7-8,19H,9-10H2,1-6H3. The SMILES string of the molecule is Cc1cc(C)c(OCC(=O)N(C)CC(C)(C)O)c(C)c1. The van der Waals surface area contributed by atoms with Gasteiger partial charge < -0.3 is 14.7 Å². The molecule has 20 heavy (non-hydrogen) atoms. The molecule has 0 atom stereocenters. The fourth-order valence-corrected chi connectivity index (χ4v) is 2.31. The zero-order chi connectivity index (χ0) is 15.5. The molecule has 0 unspecified atom stereocenters. The van der Waals surface area contributed by atoms with Crippen molar-refractivity contribution in [3.8, 4) is 5.75 Å². The molecule has 1 aromatic rings. The van der Waals surface area contributed by atoms with E-state index in [0.717, 1.165) is 16.9 Å². The van der Waals surface area contributed by atoms with Crippen LogP contribution in [0, 0.1) is 20.8 Å². The van der Waals surface area contributed by atoms with Crippen LogP contribution >= 0.6 is 0 Å². The van der Waals surface area contributed by atoms with Crippen LogP contribution in [0.4, 0.5) is 0 Å². The van der Waals surface area contributed by atoms with E-state index in [1.807, 2.05) is 32.9 Å². The first-order chi connectivity index (χ1) is 9.10. The average Bonchev–Trinajstić information content (AvgIpc) is 2.24. The van der Waals surface area contributed by atoms with Gasteiger partial charge in [0.1, 0.15) is 5.75 Å². The molecule has 0 aromatic heterocycles. The molecule has 0 saturated heterocycles. The second-order valence-corrected chi connectivity index (χ2v) is 6.08. The lowest BCUT2D eigenvalue weighted by atomic mass is 10.1. The maximum atomic E-state index is 12.0. The lowest BCUT2D eigenvalue weighted by molar-refractivity contribution is -0.134. The number of amides is 1. The molecule has 0 aliphatic carbocycles. The fourth-order valence-electron chi connectivity index (χ4n) is 2.31. The van der Waals surface area contributed by atoms with Crippen LogP contribution in [0.2, 0.25) is 0 Å². The number of carbonyl (C=O) groups is 1. The van der Waals surface area contributed by atoms with Crippen molar-refractivity contribution >= 4 is 5.91 Å². The Kier molecular flexibility index (Phi) is 5.17. The van der Waals surface area contributed by atoms with Crippen LogP contribution in [0.25, 0.3) is 0 Å². The number of aliphatic hydroxyl groups is 1. The van der Waals surface area contributed by atoms with Crippen molar-refractivity contribution in [1.82, 2.24) is 4.90 Å². The summed E-state index contributed by atoms with van der Waals surface area (Å²) in [5.41, 5.74) is 2.33. The van der Waals surface area contributed by atoms with E-state index < -0.39 is 5.60 Å². The van der Waals surface area contributed by atoms with Gasteiger partial charge >= 0.3 is 0 Å². The summed E-state index contributed by atoms with van der Waals surface area (Å²) in [6.45, 7) is 9.59. The summed E-state index contributed by atoms with van der Waals surface area (Å²) < 4.78 is 5.65. The Bertz CT molecular complexity index is 466. The molecule has 0 aliphatic rings. The van der Waals surface area contributed by atoms with Crippen LogP contribution in [-0.2, 0) is 4.79 Å². The first kappa shape index (κ1) is 16.5. The summed E-state index contributed by atoms with van der Waals surface area (Å²) in [6, 6.07) is 4.07. The molecule has 4 nitrogen and oxygen atoms in total. The van der Waals surface area contributed by atoms with E-state index in [1.165, 1.54) is 10.5 Å². The highest BCUT2D eigenvalue weighted by molar-refractivity contribution is 5.77. The number of likely N-dealkylation sites (N-methyl/N-ethyl adjacent to an activating group) is 1. The van der Waals surface area contributed by atoms with Crippen molar-refractivity contribution in [3.63, 3.8) is 0 Å². The van der Waals surface area contributed by atoms with E-state index in [4.69, 9.17) is 4.74 Å². The maximum Gasteiger partial charge on any atom is 0.260 e. The van der Waals surface area contributed by atoms with Gasteiger partial charge in [-0.25, -0.2) is 0 Å². The zero-order valence-electron chi connectivity index (χ0n) is 13.3. The third kappa shape index (κ3) is 4.85. The smallest absolute Gasteiger partial charge is 0.260 e. The quantitative estimate of drug-likeness (QED) is 0.899. The highest BCUT2D eigenvalue weighted by Crippen LogP contribution is 2.24. The second-order valence-electron chi connectivity index (χ2n) is 6.08. The van der Waals surface area contributed by atoms with E-state index in [2.05, 4.69) is 0 Å². The predicted octanol–water partition coefficient (Wildman–Crippen LogP) is 2.22. The first-order valence-corrected chi connectivity index (χ1v) is 6.77. The number of nitrogens with zero attached hydrogens (tertiary/aromatic N) is 1. The Balaban J connectivity index is 2.66. The van der Waals surface area contributed by atoms with Crippen LogP contribution < -0.4 is 4.74 Å². The number of carbonyl (C=O) groups excluding carboxylic acids is 1. The van der Waals surface area contributed by atoms with Crippen LogP contribution in [0.5, 0.6) is 5.75 Å². The molecule has 0 saturated carbocycles. The van der Waals surface area contributed by atoms with Crippen molar-refractivity contribution in [2.24, 2.45) is 0 Å². The highest BCUT2D eigenvalue weighted by Gasteiger charge is 2.20. The van der Waals surface area contributed by atoms with E-state index in [-0.39, 0.29) is 19.1 Å². The van der Waals surface area contributed by atoms with Gasteiger partial charge in [0.05, 0.1) is 5.60 Å². The molecule has 0 heterocycles. The molecule has 0 fully saturated rings. The molecule has 0 radical (unpaired) electrons. The normalized spacial score (nSPS) is 11.3. The summed E-state index contributed by atoms with van der Waals surface area (Å²) in [6.07, 6.45) is 0. The van der Waals surface area contributed by atoms with Gasteiger partial charge in [0.2, 0.25) is 0 Å². The van der Waals surface area contributed by atoms with Crippen molar-refractivity contribution in [1.29, 1.82) is 0 Å². The van der Waals surface area contributed by atoms with E-state index in [9.17, 15) is 9.90 Å². The zero-order valence-corrected chi connectivity index (χ0v) is 13.3. The van der Waals surface area contributed by atoms with Gasteiger partial charge in [0.25, 0.3) is 5.91 Å². The van der Waals surface area contributed by atoms with Gasteiger partial charge in [-0.15, -0.1) is 0 Å². The first-order valence-electron chi connectivity index (χ1n) is 6.77. The number of benzene rings is 1. The number of hydrogen-bond acceptors (Lipinski definition) is 3. The summed E-state index contributed by atoms with van der Waals surface area (Å²) in [5.74, 6) is 0.618. The Morgan fingerprint density at radius 3 is 2.20 bits per heavy atom. The van der Waals surface area contributed by atoms with Crippen molar-refractivity contribution in [2.45, 2.75) is 40.2 Å². The number of ether oxygens (including phenoxy) is 1. The van der Waals surface area contributed by atoms with E-state index in [0.29, 0.717) is 0 Å². The Hall–Kier alpha value is -1.55. The second kappa shape index (κ2) is 6.27. The lowest BCUT2D eigenvalue weighted by Crippen LogP contribution is -2.41. The topological polar surface area (TPSA) is 49.8 Å². The predicted molar refractivity (Wildman–Crippen MR) is 80.1 cm³/mol. The minimum absolute atomic E-state index is 0.0165. The number of hydrogen-bond donors (Lipinski definition) is 1. The van der Waals surface area contributed by atoms with Gasteiger partial charge in [-0.05, 0) is 45.7 Å². The van der Waals surface area contributed by atoms with Crippen molar-refractivity contribution in [2.75, 3.05) is 20.2 Å². The van der Waals surface area contributed by atoms with Gasteiger partial charge in [-0.2, -0.15) is 0 Å². The number of aryl methyl sites for hydroxylation is 3. The maximum absolute atomic E-state index is 12.0. The highest BCUT2D eigenvalue weighted by atomic mass is 16.5. The summed E-state index contributed by atoms with van der Waals surface area (Å²) in [4.78, 5) is 13.5. The summed E-state index contributed by atoms with van der Waals surface area (Å²) in [5, 5.41) is 9.71. The van der Waals surface area contributed by atoms with Crippen LogP contribution in [0.15, 0.2) is 12.1 Å². The molecule has 0 spiro atoms. The fraction of sp³-hybridized carbons (Fsp3) is 0.562. The van der Waals surface area contributed by atoms with Crippen LogP contribution in [0.3, 0.4) is 0 Å². The average molecular weight is 279 g/mol.